The molecule has 1 aromatic carbocycles. The van der Waals surface area contributed by atoms with Crippen molar-refractivity contribution in [2.45, 2.75) is 19.4 Å². The Morgan fingerprint density at radius 2 is 2.33 bits per heavy atom. The highest BCUT2D eigenvalue weighted by Crippen LogP contribution is 2.30. The Morgan fingerprint density at radius 3 is 3.07 bits per heavy atom. The highest BCUT2D eigenvalue weighted by molar-refractivity contribution is 6.18. The van der Waals surface area contributed by atoms with Gasteiger partial charge in [-0.1, -0.05) is 6.07 Å². The van der Waals surface area contributed by atoms with E-state index < -0.39 is 6.10 Å². The minimum atomic E-state index is -0.460. The minimum absolute atomic E-state index is 0.117. The molecule has 1 amide bonds. The summed E-state index contributed by atoms with van der Waals surface area (Å²) in [7, 11) is 0. The van der Waals surface area contributed by atoms with Crippen LogP contribution in [0.2, 0.25) is 0 Å². The maximum atomic E-state index is 11.6. The molecule has 2 rings (SSSR count). The van der Waals surface area contributed by atoms with Crippen LogP contribution in [0.15, 0.2) is 18.2 Å². The van der Waals surface area contributed by atoms with Crippen molar-refractivity contribution in [3.05, 3.63) is 23.8 Å². The maximum Gasteiger partial charge on any atom is 0.265 e. The van der Waals surface area contributed by atoms with Gasteiger partial charge in [-0.2, -0.15) is 0 Å². The first-order valence-electron chi connectivity index (χ1n) is 4.85. The lowest BCUT2D eigenvalue weighted by molar-refractivity contribution is -0.123. The van der Waals surface area contributed by atoms with Crippen LogP contribution in [0.25, 0.3) is 0 Å². The molecule has 3 nitrogen and oxygen atoms in total. The molecule has 1 aliphatic heterocycles. The lowest BCUT2D eigenvalue weighted by Crippen LogP contribution is -2.37. The van der Waals surface area contributed by atoms with Gasteiger partial charge in [-0.15, -0.1) is 11.6 Å². The normalized spacial score (nSPS) is 19.1. The third-order valence-electron chi connectivity index (χ3n) is 2.33. The van der Waals surface area contributed by atoms with Gasteiger partial charge in [0.15, 0.2) is 6.10 Å². The number of halogens is 1. The molecule has 15 heavy (non-hydrogen) atoms. The second kappa shape index (κ2) is 4.11. The number of alkyl halides is 1. The number of benzene rings is 1. The third kappa shape index (κ3) is 2.07. The van der Waals surface area contributed by atoms with Gasteiger partial charge in [-0.05, 0) is 24.6 Å². The van der Waals surface area contributed by atoms with Gasteiger partial charge >= 0.3 is 0 Å². The van der Waals surface area contributed by atoms with Gasteiger partial charge in [-0.3, -0.25) is 4.79 Å². The van der Waals surface area contributed by atoms with E-state index in [9.17, 15) is 4.79 Å². The number of ether oxygens (including phenoxy) is 1. The fourth-order valence-corrected chi connectivity index (χ4v) is 1.75. The van der Waals surface area contributed by atoms with Gasteiger partial charge in [0.05, 0.1) is 5.69 Å². The van der Waals surface area contributed by atoms with Crippen LogP contribution >= 0.6 is 11.6 Å². The first-order valence-corrected chi connectivity index (χ1v) is 5.38. The Kier molecular flexibility index (Phi) is 2.82. The van der Waals surface area contributed by atoms with E-state index in [1.165, 1.54) is 0 Å². The van der Waals surface area contributed by atoms with Crippen molar-refractivity contribution < 1.29 is 9.53 Å². The number of fused-ring (bicyclic) bond motifs is 1. The number of amides is 1. The minimum Gasteiger partial charge on any atom is -0.478 e. The molecule has 0 saturated heterocycles. The Morgan fingerprint density at radius 1 is 1.53 bits per heavy atom. The van der Waals surface area contributed by atoms with Crippen LogP contribution in [-0.4, -0.2) is 17.9 Å². The lowest BCUT2D eigenvalue weighted by Gasteiger charge is -2.25. The quantitative estimate of drug-likeness (QED) is 0.785. The van der Waals surface area contributed by atoms with E-state index in [1.807, 2.05) is 25.1 Å². The van der Waals surface area contributed by atoms with Crippen LogP contribution in [0, 0.1) is 6.92 Å². The molecule has 1 aliphatic rings. The van der Waals surface area contributed by atoms with E-state index in [1.54, 1.807) is 0 Å². The molecule has 0 fully saturated rings. The van der Waals surface area contributed by atoms with E-state index in [0.29, 0.717) is 12.3 Å². The Hall–Kier alpha value is -1.22. The number of rotatable bonds is 2. The molecule has 1 aromatic rings. The first kappa shape index (κ1) is 10.3. The SMILES string of the molecule is Cc1ccc2c(c1)NC(=O)[C@H](CCCl)O2. The van der Waals surface area contributed by atoms with E-state index in [-0.39, 0.29) is 5.91 Å². The molecule has 0 saturated carbocycles. The molecular weight excluding hydrogens is 214 g/mol. The van der Waals surface area contributed by atoms with Gasteiger partial charge in [0.1, 0.15) is 5.75 Å². The summed E-state index contributed by atoms with van der Waals surface area (Å²) in [5.41, 5.74) is 1.83. The summed E-state index contributed by atoms with van der Waals surface area (Å²) < 4.78 is 5.54. The van der Waals surface area contributed by atoms with Crippen LogP contribution < -0.4 is 10.1 Å². The van der Waals surface area contributed by atoms with Crippen molar-refractivity contribution >= 4 is 23.2 Å². The predicted molar refractivity (Wildman–Crippen MR) is 59.6 cm³/mol. The average molecular weight is 226 g/mol. The van der Waals surface area contributed by atoms with E-state index in [0.717, 1.165) is 17.0 Å². The van der Waals surface area contributed by atoms with Crippen molar-refractivity contribution in [3.63, 3.8) is 0 Å². The van der Waals surface area contributed by atoms with Crippen molar-refractivity contribution in [2.24, 2.45) is 0 Å². The topological polar surface area (TPSA) is 38.3 Å². The highest BCUT2D eigenvalue weighted by Gasteiger charge is 2.26. The number of carbonyl (C=O) groups is 1. The number of carbonyl (C=O) groups excluding carboxylic acids is 1. The highest BCUT2D eigenvalue weighted by atomic mass is 35.5. The lowest BCUT2D eigenvalue weighted by atomic mass is 10.1. The van der Waals surface area contributed by atoms with Crippen molar-refractivity contribution in [2.75, 3.05) is 11.2 Å². The summed E-state index contributed by atoms with van der Waals surface area (Å²) in [4.78, 5) is 11.6. The Bertz CT molecular complexity index is 392. The fraction of sp³-hybridized carbons (Fsp3) is 0.364. The summed E-state index contributed by atoms with van der Waals surface area (Å²) in [5, 5.41) is 2.81. The standard InChI is InChI=1S/C11H12ClNO2/c1-7-2-3-9-8(6-7)13-11(14)10(15-9)4-5-12/h2-3,6,10H,4-5H2,1H3,(H,13,14)/t10-/m0/s1. The molecule has 0 aromatic heterocycles. The second-order valence-corrected chi connectivity index (χ2v) is 3.95. The summed E-state index contributed by atoms with van der Waals surface area (Å²) in [5.74, 6) is 1.02. The van der Waals surface area contributed by atoms with E-state index in [2.05, 4.69) is 5.32 Å². The molecule has 80 valence electrons. The van der Waals surface area contributed by atoms with Crippen LogP contribution in [0.4, 0.5) is 5.69 Å². The fourth-order valence-electron chi connectivity index (χ4n) is 1.55. The maximum absolute atomic E-state index is 11.6. The molecule has 0 bridgehead atoms. The van der Waals surface area contributed by atoms with Gasteiger partial charge in [0.2, 0.25) is 0 Å². The number of nitrogens with one attached hydrogen (secondary N) is 1. The smallest absolute Gasteiger partial charge is 0.265 e. The van der Waals surface area contributed by atoms with E-state index in [4.69, 9.17) is 16.3 Å². The summed E-state index contributed by atoms with van der Waals surface area (Å²) in [6, 6.07) is 5.71. The van der Waals surface area contributed by atoms with E-state index >= 15 is 0 Å². The van der Waals surface area contributed by atoms with Crippen molar-refractivity contribution in [1.29, 1.82) is 0 Å². The summed E-state index contributed by atoms with van der Waals surface area (Å²) in [6.45, 7) is 1.97. The number of aryl methyl sites for hydroxylation is 1. The van der Waals surface area contributed by atoms with Gasteiger partial charge in [0.25, 0.3) is 5.91 Å². The molecule has 0 aliphatic carbocycles. The molecular formula is C11H12ClNO2. The zero-order chi connectivity index (χ0) is 10.8. The van der Waals surface area contributed by atoms with Crippen LogP contribution in [0.5, 0.6) is 5.75 Å². The Labute approximate surface area is 93.4 Å². The predicted octanol–water partition coefficient (Wildman–Crippen LogP) is 2.32. The number of hydrogen-bond acceptors (Lipinski definition) is 2. The van der Waals surface area contributed by atoms with Crippen molar-refractivity contribution in [3.8, 4) is 5.75 Å². The molecule has 0 radical (unpaired) electrons. The van der Waals surface area contributed by atoms with Gasteiger partial charge in [-0.25, -0.2) is 0 Å². The zero-order valence-electron chi connectivity index (χ0n) is 8.42. The molecule has 1 heterocycles. The molecule has 4 heteroatoms. The van der Waals surface area contributed by atoms with Gasteiger partial charge < -0.3 is 10.1 Å². The first-order chi connectivity index (χ1) is 7.20. The molecule has 1 N–H and O–H groups in total. The monoisotopic (exact) mass is 225 g/mol. The van der Waals surface area contributed by atoms with Crippen LogP contribution in [0.3, 0.4) is 0 Å². The Balaban J connectivity index is 2.26. The largest absolute Gasteiger partial charge is 0.478 e. The van der Waals surface area contributed by atoms with Crippen molar-refractivity contribution in [1.82, 2.24) is 0 Å². The summed E-state index contributed by atoms with van der Waals surface area (Å²) >= 11 is 5.59. The third-order valence-corrected chi connectivity index (χ3v) is 2.54. The average Bonchev–Trinajstić information content (AvgIpc) is 2.20. The molecule has 0 unspecified atom stereocenters. The zero-order valence-corrected chi connectivity index (χ0v) is 9.17. The summed E-state index contributed by atoms with van der Waals surface area (Å²) in [6.07, 6.45) is 0.0680. The van der Waals surface area contributed by atoms with Crippen LogP contribution in [-0.2, 0) is 4.79 Å². The second-order valence-electron chi connectivity index (χ2n) is 3.57. The van der Waals surface area contributed by atoms with Gasteiger partial charge in [0, 0.05) is 12.3 Å². The molecule has 1 atom stereocenters. The number of anilines is 1. The van der Waals surface area contributed by atoms with Crippen LogP contribution in [0.1, 0.15) is 12.0 Å². The molecule has 0 spiro atoms. The number of hydrogen-bond donors (Lipinski definition) is 1.